The lowest BCUT2D eigenvalue weighted by molar-refractivity contribution is -0.292. The Hall–Kier alpha value is -0.330. The van der Waals surface area contributed by atoms with Gasteiger partial charge in [-0.2, -0.15) is 8.42 Å². The molecule has 9 nitrogen and oxygen atoms in total. The highest BCUT2D eigenvalue weighted by Crippen LogP contribution is 2.23. The summed E-state index contributed by atoms with van der Waals surface area (Å²) in [5, 5.41) is 29.7. The van der Waals surface area contributed by atoms with Crippen LogP contribution in [-0.4, -0.2) is 84.6 Å². The van der Waals surface area contributed by atoms with Gasteiger partial charge in [0.05, 0.1) is 6.61 Å². The van der Waals surface area contributed by atoms with Gasteiger partial charge in [0.15, 0.2) is 6.29 Å². The van der Waals surface area contributed by atoms with Crippen molar-refractivity contribution in [2.45, 2.75) is 147 Å². The van der Waals surface area contributed by atoms with Crippen molar-refractivity contribution in [2.75, 3.05) is 25.6 Å². The molecule has 0 aromatic rings. The first-order chi connectivity index (χ1) is 17.8. The number of ether oxygens (including phenoxy) is 3. The van der Waals surface area contributed by atoms with E-state index in [1.807, 2.05) is 0 Å². The van der Waals surface area contributed by atoms with E-state index in [-0.39, 0.29) is 6.61 Å². The molecule has 0 bridgehead atoms. The summed E-state index contributed by atoms with van der Waals surface area (Å²) < 4.78 is 47.3. The first-order valence-electron chi connectivity index (χ1n) is 14.6. The third-order valence-corrected chi connectivity index (χ3v) is 7.65. The van der Waals surface area contributed by atoms with Crippen LogP contribution in [0.2, 0.25) is 0 Å². The van der Waals surface area contributed by atoms with Crippen LogP contribution in [0.25, 0.3) is 0 Å². The van der Waals surface area contributed by atoms with E-state index in [9.17, 15) is 23.7 Å². The minimum absolute atomic E-state index is 0.169. The van der Waals surface area contributed by atoms with Crippen LogP contribution in [0, 0.1) is 0 Å². The summed E-state index contributed by atoms with van der Waals surface area (Å²) in [6, 6.07) is 0. The zero-order valence-corrected chi connectivity index (χ0v) is 23.8. The van der Waals surface area contributed by atoms with Crippen molar-refractivity contribution in [1.82, 2.24) is 0 Å². The standard InChI is InChI=1S/C27H54O9S/c1-2-3-4-5-6-7-8-9-10-11-12-13-14-15-16-17-19-34-20-18-21-35-27-26(30)25(29)24(28)23(36-27)22-37(31,32)33/h23-30H,2-22H2,1H3,(H,31,32,33)/t23-,24-,25+,26-,27+/m1/s1. The van der Waals surface area contributed by atoms with Crippen molar-refractivity contribution in [3.63, 3.8) is 0 Å². The van der Waals surface area contributed by atoms with Gasteiger partial charge in [-0.25, -0.2) is 0 Å². The van der Waals surface area contributed by atoms with E-state index in [4.69, 9.17) is 18.8 Å². The number of aliphatic hydroxyl groups is 3. The summed E-state index contributed by atoms with van der Waals surface area (Å²) >= 11 is 0. The lowest BCUT2D eigenvalue weighted by Gasteiger charge is -2.39. The summed E-state index contributed by atoms with van der Waals surface area (Å²) in [6.45, 7) is 3.59. The summed E-state index contributed by atoms with van der Waals surface area (Å²) in [7, 11) is -4.43. The Balaban J connectivity index is 1.89. The molecule has 0 aromatic carbocycles. The van der Waals surface area contributed by atoms with Crippen molar-refractivity contribution < 1.29 is 42.5 Å². The fraction of sp³-hybridized carbons (Fsp3) is 1.00. The molecule has 5 atom stereocenters. The second-order valence-corrected chi connectivity index (χ2v) is 11.9. The average molecular weight is 555 g/mol. The third kappa shape index (κ3) is 17.8. The average Bonchev–Trinajstić information content (AvgIpc) is 2.85. The third-order valence-electron chi connectivity index (χ3n) is 6.90. The molecule has 37 heavy (non-hydrogen) atoms. The SMILES string of the molecule is CCCCCCCCCCCCCCCCCCOCCCO[C@H]1O[C@H](CS(=O)(=O)O)[C@@H](O)[C@H](O)[C@H]1O. The van der Waals surface area contributed by atoms with Crippen LogP contribution >= 0.6 is 0 Å². The molecule has 0 saturated carbocycles. The number of hydrogen-bond acceptors (Lipinski definition) is 8. The highest BCUT2D eigenvalue weighted by molar-refractivity contribution is 7.85. The number of rotatable bonds is 24. The molecular weight excluding hydrogens is 500 g/mol. The van der Waals surface area contributed by atoms with E-state index >= 15 is 0 Å². The van der Waals surface area contributed by atoms with Crippen LogP contribution in [0.5, 0.6) is 0 Å². The van der Waals surface area contributed by atoms with Crippen LogP contribution in [-0.2, 0) is 24.3 Å². The normalized spacial score (nSPS) is 24.5. The number of hydrogen-bond donors (Lipinski definition) is 4. The molecule has 1 aliphatic rings. The van der Waals surface area contributed by atoms with Crippen LogP contribution in [0.15, 0.2) is 0 Å². The van der Waals surface area contributed by atoms with Crippen molar-refractivity contribution in [3.05, 3.63) is 0 Å². The van der Waals surface area contributed by atoms with Gasteiger partial charge < -0.3 is 29.5 Å². The molecule has 10 heteroatoms. The van der Waals surface area contributed by atoms with Crippen molar-refractivity contribution >= 4 is 10.1 Å². The number of aliphatic hydroxyl groups excluding tert-OH is 3. The van der Waals surface area contributed by atoms with E-state index in [0.29, 0.717) is 19.6 Å². The summed E-state index contributed by atoms with van der Waals surface area (Å²) in [4.78, 5) is 0. The molecule has 1 fully saturated rings. The maximum absolute atomic E-state index is 11.1. The summed E-state index contributed by atoms with van der Waals surface area (Å²) in [5.41, 5.74) is 0. The lowest BCUT2D eigenvalue weighted by Crippen LogP contribution is -2.59. The second-order valence-electron chi connectivity index (χ2n) is 10.4. The van der Waals surface area contributed by atoms with Crippen LogP contribution < -0.4 is 0 Å². The van der Waals surface area contributed by atoms with Gasteiger partial charge in [-0.3, -0.25) is 4.55 Å². The predicted molar refractivity (Wildman–Crippen MR) is 144 cm³/mol. The van der Waals surface area contributed by atoms with Crippen LogP contribution in [0.4, 0.5) is 0 Å². The Morgan fingerprint density at radius 2 is 1.08 bits per heavy atom. The van der Waals surface area contributed by atoms with Gasteiger partial charge >= 0.3 is 0 Å². The Labute approximate surface area is 225 Å². The molecule has 0 unspecified atom stereocenters. The maximum Gasteiger partial charge on any atom is 0.267 e. The Morgan fingerprint density at radius 3 is 1.57 bits per heavy atom. The van der Waals surface area contributed by atoms with Gasteiger partial charge in [0.1, 0.15) is 30.2 Å². The highest BCUT2D eigenvalue weighted by atomic mass is 32.2. The fourth-order valence-corrected chi connectivity index (χ4v) is 5.31. The van der Waals surface area contributed by atoms with E-state index in [2.05, 4.69) is 6.92 Å². The molecule has 222 valence electrons. The van der Waals surface area contributed by atoms with Gasteiger partial charge in [0.2, 0.25) is 0 Å². The minimum Gasteiger partial charge on any atom is -0.388 e. The quantitative estimate of drug-likeness (QED) is 0.101. The van der Waals surface area contributed by atoms with E-state index in [1.54, 1.807) is 0 Å². The largest absolute Gasteiger partial charge is 0.388 e. The molecule has 0 spiro atoms. The minimum atomic E-state index is -4.43. The van der Waals surface area contributed by atoms with Gasteiger partial charge in [-0.15, -0.1) is 0 Å². The first-order valence-corrected chi connectivity index (χ1v) is 16.2. The fourth-order valence-electron chi connectivity index (χ4n) is 4.61. The van der Waals surface area contributed by atoms with Crippen molar-refractivity contribution in [1.29, 1.82) is 0 Å². The Morgan fingerprint density at radius 1 is 0.622 bits per heavy atom. The van der Waals surface area contributed by atoms with E-state index in [0.717, 1.165) is 12.8 Å². The van der Waals surface area contributed by atoms with Gasteiger partial charge in [-0.05, 0) is 12.8 Å². The highest BCUT2D eigenvalue weighted by Gasteiger charge is 2.45. The molecule has 0 radical (unpaired) electrons. The number of unbranched alkanes of at least 4 members (excludes halogenated alkanes) is 15. The first kappa shape index (κ1) is 34.7. The van der Waals surface area contributed by atoms with E-state index in [1.165, 1.54) is 89.9 Å². The second kappa shape index (κ2) is 21.5. The van der Waals surface area contributed by atoms with Gasteiger partial charge in [0.25, 0.3) is 10.1 Å². The maximum atomic E-state index is 11.1. The Bertz CT molecular complexity index is 631. The van der Waals surface area contributed by atoms with Crippen LogP contribution in [0.3, 0.4) is 0 Å². The summed E-state index contributed by atoms with van der Waals surface area (Å²) in [6.07, 6.45) is 14.3. The van der Waals surface area contributed by atoms with Gasteiger partial charge in [-0.1, -0.05) is 103 Å². The van der Waals surface area contributed by atoms with E-state index < -0.39 is 46.6 Å². The Kier molecular flexibility index (Phi) is 20.1. The smallest absolute Gasteiger partial charge is 0.267 e. The molecule has 0 amide bonds. The molecule has 0 aromatic heterocycles. The van der Waals surface area contributed by atoms with Crippen molar-refractivity contribution in [3.8, 4) is 0 Å². The molecule has 1 rings (SSSR count). The molecule has 4 N–H and O–H groups in total. The predicted octanol–water partition coefficient (Wildman–Crippen LogP) is 4.37. The topological polar surface area (TPSA) is 143 Å². The van der Waals surface area contributed by atoms with Gasteiger partial charge in [0, 0.05) is 13.2 Å². The van der Waals surface area contributed by atoms with Crippen molar-refractivity contribution in [2.24, 2.45) is 0 Å². The zero-order chi connectivity index (χ0) is 27.4. The molecule has 1 heterocycles. The monoisotopic (exact) mass is 554 g/mol. The molecule has 0 aliphatic carbocycles. The molecule has 1 saturated heterocycles. The molecule has 1 aliphatic heterocycles. The zero-order valence-electron chi connectivity index (χ0n) is 23.0. The molecular formula is C27H54O9S. The summed E-state index contributed by atoms with van der Waals surface area (Å²) in [5.74, 6) is -0.903. The van der Waals surface area contributed by atoms with Crippen LogP contribution in [0.1, 0.15) is 116 Å². The lowest BCUT2D eigenvalue weighted by atomic mass is 10.00.